The highest BCUT2D eigenvalue weighted by atomic mass is 35.5. The van der Waals surface area contributed by atoms with Gasteiger partial charge in [0.25, 0.3) is 5.91 Å². The second-order valence-corrected chi connectivity index (χ2v) is 10.3. The van der Waals surface area contributed by atoms with Crippen LogP contribution in [0.3, 0.4) is 0 Å². The van der Waals surface area contributed by atoms with Crippen molar-refractivity contribution in [1.29, 1.82) is 0 Å². The third-order valence-corrected chi connectivity index (χ3v) is 7.90. The quantitative estimate of drug-likeness (QED) is 0.521. The Morgan fingerprint density at radius 2 is 1.64 bits per heavy atom. The van der Waals surface area contributed by atoms with Crippen molar-refractivity contribution in [3.05, 3.63) is 94.5 Å². The van der Waals surface area contributed by atoms with Crippen molar-refractivity contribution in [3.8, 4) is 5.75 Å². The highest BCUT2D eigenvalue weighted by Gasteiger charge is 2.30. The number of halogens is 1. The molecule has 3 aromatic rings. The molecule has 33 heavy (non-hydrogen) atoms. The monoisotopic (exact) mass is 484 g/mol. The van der Waals surface area contributed by atoms with Crippen LogP contribution in [-0.2, 0) is 16.6 Å². The molecule has 1 aliphatic rings. The average Bonchev–Trinajstić information content (AvgIpc) is 2.83. The lowest BCUT2D eigenvalue weighted by Gasteiger charge is -2.34. The molecule has 0 aliphatic carbocycles. The molecule has 0 aromatic heterocycles. The predicted octanol–water partition coefficient (Wildman–Crippen LogP) is 4.37. The molecule has 0 unspecified atom stereocenters. The van der Waals surface area contributed by atoms with E-state index in [9.17, 15) is 13.2 Å². The molecule has 0 atom stereocenters. The number of piperazine rings is 1. The molecule has 0 radical (unpaired) electrons. The van der Waals surface area contributed by atoms with E-state index in [1.165, 1.54) is 4.31 Å². The summed E-state index contributed by atoms with van der Waals surface area (Å²) in [6.45, 7) is 3.38. The number of aryl methyl sites for hydroxylation is 1. The van der Waals surface area contributed by atoms with Gasteiger partial charge in [-0.05, 0) is 43.3 Å². The largest absolute Gasteiger partial charge is 0.489 e. The Balaban J connectivity index is 1.38. The van der Waals surface area contributed by atoms with Gasteiger partial charge in [0.1, 0.15) is 12.4 Å². The van der Waals surface area contributed by atoms with Gasteiger partial charge in [-0.25, -0.2) is 8.42 Å². The lowest BCUT2D eigenvalue weighted by Crippen LogP contribution is -2.50. The van der Waals surface area contributed by atoms with E-state index in [1.807, 2.05) is 25.1 Å². The van der Waals surface area contributed by atoms with Crippen LogP contribution in [0.4, 0.5) is 0 Å². The minimum atomic E-state index is -3.57. The molecule has 6 nitrogen and oxygen atoms in total. The first-order chi connectivity index (χ1) is 15.8. The Morgan fingerprint density at radius 1 is 0.939 bits per heavy atom. The first-order valence-corrected chi connectivity index (χ1v) is 12.5. The van der Waals surface area contributed by atoms with Crippen LogP contribution in [-0.4, -0.2) is 49.7 Å². The van der Waals surface area contributed by atoms with E-state index in [4.69, 9.17) is 16.3 Å². The summed E-state index contributed by atoms with van der Waals surface area (Å²) in [5, 5.41) is 0.628. The molecule has 172 valence electrons. The van der Waals surface area contributed by atoms with Crippen molar-refractivity contribution in [2.45, 2.75) is 18.4 Å². The zero-order valence-electron chi connectivity index (χ0n) is 18.3. The molecule has 0 saturated carbocycles. The number of ether oxygens (including phenoxy) is 1. The van der Waals surface area contributed by atoms with Gasteiger partial charge in [-0.1, -0.05) is 53.6 Å². The van der Waals surface area contributed by atoms with Crippen LogP contribution in [0.5, 0.6) is 5.75 Å². The van der Waals surface area contributed by atoms with E-state index in [0.29, 0.717) is 36.0 Å². The summed E-state index contributed by atoms with van der Waals surface area (Å²) < 4.78 is 33.1. The SMILES string of the molecule is Cc1ccc(S(=O)(=O)N2CCN(C(=O)c3cccc(OCc4ccccc4Cl)c3)CC2)cc1. The Bertz CT molecular complexity index is 1240. The Hall–Kier alpha value is -2.87. The maximum atomic E-state index is 13.0. The van der Waals surface area contributed by atoms with E-state index in [0.717, 1.165) is 11.1 Å². The molecule has 1 aliphatic heterocycles. The predicted molar refractivity (Wildman–Crippen MR) is 128 cm³/mol. The summed E-state index contributed by atoms with van der Waals surface area (Å²) >= 11 is 6.18. The van der Waals surface area contributed by atoms with Crippen molar-refractivity contribution in [3.63, 3.8) is 0 Å². The Morgan fingerprint density at radius 3 is 2.33 bits per heavy atom. The Kier molecular flexibility index (Phi) is 7.02. The van der Waals surface area contributed by atoms with Crippen LogP contribution in [0.25, 0.3) is 0 Å². The van der Waals surface area contributed by atoms with Gasteiger partial charge in [-0.2, -0.15) is 4.31 Å². The van der Waals surface area contributed by atoms with Crippen molar-refractivity contribution in [2.75, 3.05) is 26.2 Å². The van der Waals surface area contributed by atoms with Crippen molar-refractivity contribution < 1.29 is 17.9 Å². The number of benzene rings is 3. The average molecular weight is 485 g/mol. The second kappa shape index (κ2) is 9.95. The summed E-state index contributed by atoms with van der Waals surface area (Å²) in [6.07, 6.45) is 0. The second-order valence-electron chi connectivity index (χ2n) is 7.92. The van der Waals surface area contributed by atoms with Crippen molar-refractivity contribution in [1.82, 2.24) is 9.21 Å². The van der Waals surface area contributed by atoms with Gasteiger partial charge < -0.3 is 9.64 Å². The van der Waals surface area contributed by atoms with Crippen LogP contribution in [0.2, 0.25) is 5.02 Å². The summed E-state index contributed by atoms with van der Waals surface area (Å²) in [5.74, 6) is 0.423. The zero-order chi connectivity index (χ0) is 23.4. The maximum Gasteiger partial charge on any atom is 0.254 e. The summed E-state index contributed by atoms with van der Waals surface area (Å²) in [5.41, 5.74) is 2.37. The van der Waals surface area contributed by atoms with E-state index in [2.05, 4.69) is 0 Å². The van der Waals surface area contributed by atoms with Crippen LogP contribution in [0.1, 0.15) is 21.5 Å². The standard InChI is InChI=1S/C25H25ClN2O4S/c1-19-9-11-23(12-10-19)33(30,31)28-15-13-27(14-16-28)25(29)20-6-4-7-22(17-20)32-18-21-5-2-3-8-24(21)26/h2-12,17H,13-16,18H2,1H3. The number of carbonyl (C=O) groups is 1. The van der Waals surface area contributed by atoms with Crippen LogP contribution in [0, 0.1) is 6.92 Å². The molecule has 4 rings (SSSR count). The molecule has 1 fully saturated rings. The van der Waals surface area contributed by atoms with Gasteiger partial charge in [0.15, 0.2) is 0 Å². The fraction of sp³-hybridized carbons (Fsp3) is 0.240. The smallest absolute Gasteiger partial charge is 0.254 e. The number of nitrogens with zero attached hydrogens (tertiary/aromatic N) is 2. The van der Waals surface area contributed by atoms with Gasteiger partial charge >= 0.3 is 0 Å². The minimum Gasteiger partial charge on any atom is -0.489 e. The first kappa shape index (κ1) is 23.3. The number of rotatable bonds is 6. The van der Waals surface area contributed by atoms with Gasteiger partial charge in [-0.15, -0.1) is 0 Å². The molecule has 0 spiro atoms. The summed E-state index contributed by atoms with van der Waals surface area (Å²) in [6, 6.07) is 21.3. The molecule has 0 N–H and O–H groups in total. The molecule has 1 heterocycles. The third-order valence-electron chi connectivity index (χ3n) is 5.62. The minimum absolute atomic E-state index is 0.148. The molecule has 8 heteroatoms. The first-order valence-electron chi connectivity index (χ1n) is 10.7. The van der Waals surface area contributed by atoms with Crippen LogP contribution >= 0.6 is 11.6 Å². The lowest BCUT2D eigenvalue weighted by atomic mass is 10.1. The number of sulfonamides is 1. The number of hydrogen-bond acceptors (Lipinski definition) is 4. The highest BCUT2D eigenvalue weighted by Crippen LogP contribution is 2.22. The van der Waals surface area contributed by atoms with Crippen LogP contribution in [0.15, 0.2) is 77.7 Å². The topological polar surface area (TPSA) is 66.9 Å². The van der Waals surface area contributed by atoms with Crippen molar-refractivity contribution >= 4 is 27.5 Å². The molecular formula is C25H25ClN2O4S. The van der Waals surface area contributed by atoms with Gasteiger partial charge in [-0.3, -0.25) is 4.79 Å². The number of carbonyl (C=O) groups excluding carboxylic acids is 1. The fourth-order valence-electron chi connectivity index (χ4n) is 3.67. The zero-order valence-corrected chi connectivity index (χ0v) is 19.8. The maximum absolute atomic E-state index is 13.0. The summed E-state index contributed by atoms with van der Waals surface area (Å²) in [7, 11) is -3.57. The van der Waals surface area contributed by atoms with E-state index in [1.54, 1.807) is 59.5 Å². The van der Waals surface area contributed by atoms with E-state index < -0.39 is 10.0 Å². The fourth-order valence-corrected chi connectivity index (χ4v) is 5.28. The Labute approximate surface area is 199 Å². The normalized spacial score (nSPS) is 14.8. The molecular weight excluding hydrogens is 460 g/mol. The van der Waals surface area contributed by atoms with E-state index in [-0.39, 0.29) is 23.9 Å². The third kappa shape index (κ3) is 5.38. The molecule has 1 amide bonds. The summed E-state index contributed by atoms with van der Waals surface area (Å²) in [4.78, 5) is 15.0. The lowest BCUT2D eigenvalue weighted by molar-refractivity contribution is 0.0697. The number of amides is 1. The van der Waals surface area contributed by atoms with Gasteiger partial charge in [0.2, 0.25) is 10.0 Å². The molecule has 3 aromatic carbocycles. The molecule has 0 bridgehead atoms. The van der Waals surface area contributed by atoms with Gasteiger partial charge in [0, 0.05) is 42.3 Å². The van der Waals surface area contributed by atoms with E-state index >= 15 is 0 Å². The highest BCUT2D eigenvalue weighted by molar-refractivity contribution is 7.89. The number of hydrogen-bond donors (Lipinski definition) is 0. The molecule has 1 saturated heterocycles. The van der Waals surface area contributed by atoms with Gasteiger partial charge in [0.05, 0.1) is 4.90 Å². The van der Waals surface area contributed by atoms with Crippen LogP contribution < -0.4 is 4.74 Å². The van der Waals surface area contributed by atoms with Crippen molar-refractivity contribution in [2.24, 2.45) is 0 Å².